The average molecular weight is 392 g/mol. The SMILES string of the molecule is CCCC[C@@H](C)[C@H](O)C=C[C@@H]1[C@H]2CC(CCCCC(=O)N(C)C)=C[C@H]2C[C@H]1O. The minimum Gasteiger partial charge on any atom is -0.392 e. The van der Waals surface area contributed by atoms with Gasteiger partial charge in [0.2, 0.25) is 5.91 Å². The van der Waals surface area contributed by atoms with E-state index in [9.17, 15) is 15.0 Å². The number of fused-ring (bicyclic) bond motifs is 1. The van der Waals surface area contributed by atoms with Gasteiger partial charge in [-0.3, -0.25) is 4.79 Å². The van der Waals surface area contributed by atoms with Crippen LogP contribution in [0.2, 0.25) is 0 Å². The van der Waals surface area contributed by atoms with E-state index in [1.54, 1.807) is 4.90 Å². The topological polar surface area (TPSA) is 60.8 Å². The monoisotopic (exact) mass is 391 g/mol. The van der Waals surface area contributed by atoms with Crippen LogP contribution in [0.1, 0.15) is 71.6 Å². The van der Waals surface area contributed by atoms with Crippen LogP contribution in [-0.2, 0) is 4.79 Å². The van der Waals surface area contributed by atoms with Gasteiger partial charge in [0.05, 0.1) is 12.2 Å². The third-order valence-electron chi connectivity index (χ3n) is 6.71. The van der Waals surface area contributed by atoms with Gasteiger partial charge in [0.25, 0.3) is 0 Å². The smallest absolute Gasteiger partial charge is 0.222 e. The standard InChI is InChI=1S/C24H41NO3/c1-5-6-9-17(2)22(26)13-12-20-21-15-18(14-19(21)16-23(20)27)10-7-8-11-24(28)25(3)4/h12-14,17,19-23,26-27H,5-11,15-16H2,1-4H3/t17-,19+,20-,21+,22-,23-/m1/s1. The zero-order valence-corrected chi connectivity index (χ0v) is 18.3. The number of allylic oxidation sites excluding steroid dienone is 2. The number of carbonyl (C=O) groups is 1. The second-order valence-electron chi connectivity index (χ2n) is 9.23. The maximum absolute atomic E-state index is 11.7. The van der Waals surface area contributed by atoms with Crippen molar-refractivity contribution in [2.45, 2.75) is 83.8 Å². The maximum Gasteiger partial charge on any atom is 0.222 e. The van der Waals surface area contributed by atoms with Crippen LogP contribution in [0, 0.1) is 23.7 Å². The molecule has 0 aromatic rings. The van der Waals surface area contributed by atoms with Crippen LogP contribution < -0.4 is 0 Å². The van der Waals surface area contributed by atoms with E-state index in [1.807, 2.05) is 20.2 Å². The molecule has 0 saturated heterocycles. The van der Waals surface area contributed by atoms with Gasteiger partial charge in [-0.2, -0.15) is 0 Å². The Morgan fingerprint density at radius 1 is 1.32 bits per heavy atom. The van der Waals surface area contributed by atoms with Gasteiger partial charge in [-0.1, -0.05) is 50.5 Å². The van der Waals surface area contributed by atoms with E-state index < -0.39 is 6.10 Å². The maximum atomic E-state index is 11.7. The Kier molecular flexibility index (Phi) is 9.23. The van der Waals surface area contributed by atoms with Crippen molar-refractivity contribution in [1.29, 1.82) is 0 Å². The molecule has 0 unspecified atom stereocenters. The normalized spacial score (nSPS) is 29.0. The van der Waals surface area contributed by atoms with Gasteiger partial charge >= 0.3 is 0 Å². The van der Waals surface area contributed by atoms with Gasteiger partial charge in [0, 0.05) is 26.4 Å². The molecule has 2 N–H and O–H groups in total. The Balaban J connectivity index is 1.80. The number of nitrogens with zero attached hydrogens (tertiary/aromatic N) is 1. The second-order valence-corrected chi connectivity index (χ2v) is 9.23. The molecular formula is C24H41NO3. The van der Waals surface area contributed by atoms with Crippen molar-refractivity contribution in [3.05, 3.63) is 23.8 Å². The number of unbranched alkanes of at least 4 members (excludes halogenated alkanes) is 2. The van der Waals surface area contributed by atoms with E-state index in [1.165, 1.54) is 5.57 Å². The van der Waals surface area contributed by atoms with Crippen LogP contribution in [0.3, 0.4) is 0 Å². The summed E-state index contributed by atoms with van der Waals surface area (Å²) in [6, 6.07) is 0. The highest BCUT2D eigenvalue weighted by molar-refractivity contribution is 5.75. The number of hydrogen-bond acceptors (Lipinski definition) is 3. The third kappa shape index (κ3) is 6.45. The van der Waals surface area contributed by atoms with E-state index in [0.717, 1.165) is 51.4 Å². The minimum absolute atomic E-state index is 0.155. The molecule has 2 rings (SSSR count). The molecule has 0 bridgehead atoms. The third-order valence-corrected chi connectivity index (χ3v) is 6.71. The number of carbonyl (C=O) groups excluding carboxylic acids is 1. The molecule has 1 amide bonds. The Bertz CT molecular complexity index is 554. The lowest BCUT2D eigenvalue weighted by Crippen LogP contribution is -2.21. The average Bonchev–Trinajstić information content (AvgIpc) is 3.17. The Hall–Kier alpha value is -1.13. The Morgan fingerprint density at radius 2 is 2.07 bits per heavy atom. The number of rotatable bonds is 11. The largest absolute Gasteiger partial charge is 0.392 e. The van der Waals surface area contributed by atoms with Gasteiger partial charge in [-0.05, 0) is 56.3 Å². The van der Waals surface area contributed by atoms with Crippen LogP contribution in [0.25, 0.3) is 0 Å². The molecule has 4 heteroatoms. The molecule has 0 spiro atoms. The summed E-state index contributed by atoms with van der Waals surface area (Å²) < 4.78 is 0. The summed E-state index contributed by atoms with van der Waals surface area (Å²) in [6.07, 6.45) is 14.6. The molecule has 6 atom stereocenters. The highest BCUT2D eigenvalue weighted by Crippen LogP contribution is 2.48. The molecule has 0 aromatic carbocycles. The first-order chi connectivity index (χ1) is 13.3. The van der Waals surface area contributed by atoms with Crippen molar-refractivity contribution in [2.75, 3.05) is 14.1 Å². The summed E-state index contributed by atoms with van der Waals surface area (Å²) in [6.45, 7) is 4.28. The van der Waals surface area contributed by atoms with E-state index in [-0.39, 0.29) is 23.8 Å². The van der Waals surface area contributed by atoms with Crippen molar-refractivity contribution >= 4 is 5.91 Å². The van der Waals surface area contributed by atoms with Crippen LogP contribution >= 0.6 is 0 Å². The quantitative estimate of drug-likeness (QED) is 0.407. The zero-order valence-electron chi connectivity index (χ0n) is 18.3. The second kappa shape index (κ2) is 11.2. The molecule has 1 saturated carbocycles. The molecule has 2 aliphatic carbocycles. The van der Waals surface area contributed by atoms with Crippen LogP contribution in [0.4, 0.5) is 0 Å². The number of aliphatic hydroxyl groups excluding tert-OH is 2. The first-order valence-electron chi connectivity index (χ1n) is 11.3. The van der Waals surface area contributed by atoms with Gasteiger partial charge in [0.15, 0.2) is 0 Å². The Morgan fingerprint density at radius 3 is 2.75 bits per heavy atom. The lowest BCUT2D eigenvalue weighted by Gasteiger charge is -2.20. The number of hydrogen-bond donors (Lipinski definition) is 2. The Labute approximate surface area is 171 Å². The summed E-state index contributed by atoms with van der Waals surface area (Å²) in [7, 11) is 3.62. The molecule has 0 aliphatic heterocycles. The van der Waals surface area contributed by atoms with Crippen LogP contribution in [0.15, 0.2) is 23.8 Å². The summed E-state index contributed by atoms with van der Waals surface area (Å²) in [5, 5.41) is 20.9. The van der Waals surface area contributed by atoms with E-state index >= 15 is 0 Å². The predicted octanol–water partition coefficient (Wildman–Crippen LogP) is 4.32. The fourth-order valence-corrected chi connectivity index (χ4v) is 4.77. The summed E-state index contributed by atoms with van der Waals surface area (Å²) in [5.41, 5.74) is 1.49. The molecular weight excluding hydrogens is 350 g/mol. The van der Waals surface area contributed by atoms with Gasteiger partial charge in [-0.15, -0.1) is 0 Å². The molecule has 0 radical (unpaired) electrons. The van der Waals surface area contributed by atoms with Crippen molar-refractivity contribution in [1.82, 2.24) is 4.90 Å². The van der Waals surface area contributed by atoms with Gasteiger partial charge in [-0.25, -0.2) is 0 Å². The molecule has 1 fully saturated rings. The van der Waals surface area contributed by atoms with Crippen molar-refractivity contribution in [3.8, 4) is 0 Å². The van der Waals surface area contributed by atoms with Crippen LogP contribution in [-0.4, -0.2) is 47.3 Å². The van der Waals surface area contributed by atoms with Gasteiger partial charge in [0.1, 0.15) is 0 Å². The minimum atomic E-state index is -0.416. The number of amides is 1. The molecule has 28 heavy (non-hydrogen) atoms. The fraction of sp³-hybridized carbons (Fsp3) is 0.792. The van der Waals surface area contributed by atoms with Crippen molar-refractivity contribution in [3.63, 3.8) is 0 Å². The lowest BCUT2D eigenvalue weighted by molar-refractivity contribution is -0.128. The molecule has 160 valence electrons. The van der Waals surface area contributed by atoms with E-state index in [4.69, 9.17) is 0 Å². The first kappa shape index (κ1) is 23.2. The van der Waals surface area contributed by atoms with E-state index in [0.29, 0.717) is 18.3 Å². The van der Waals surface area contributed by atoms with E-state index in [2.05, 4.69) is 26.0 Å². The molecule has 2 aliphatic rings. The molecule has 0 heterocycles. The summed E-state index contributed by atoms with van der Waals surface area (Å²) in [4.78, 5) is 13.3. The lowest BCUT2D eigenvalue weighted by atomic mass is 9.87. The highest BCUT2D eigenvalue weighted by Gasteiger charge is 2.43. The van der Waals surface area contributed by atoms with Crippen LogP contribution in [0.5, 0.6) is 0 Å². The predicted molar refractivity (Wildman–Crippen MR) is 115 cm³/mol. The fourth-order valence-electron chi connectivity index (χ4n) is 4.77. The molecule has 0 aromatic heterocycles. The number of aliphatic hydroxyl groups is 2. The molecule has 4 nitrogen and oxygen atoms in total. The summed E-state index contributed by atoms with van der Waals surface area (Å²) >= 11 is 0. The van der Waals surface area contributed by atoms with Crippen molar-refractivity contribution in [2.24, 2.45) is 23.7 Å². The summed E-state index contributed by atoms with van der Waals surface area (Å²) in [5.74, 6) is 1.58. The van der Waals surface area contributed by atoms with Gasteiger partial charge < -0.3 is 15.1 Å². The first-order valence-corrected chi connectivity index (χ1v) is 11.3. The highest BCUT2D eigenvalue weighted by atomic mass is 16.3. The zero-order chi connectivity index (χ0) is 20.7. The van der Waals surface area contributed by atoms with Crippen molar-refractivity contribution < 1.29 is 15.0 Å².